The first-order valence-electron chi connectivity index (χ1n) is 6.08. The second-order valence-electron chi connectivity index (χ2n) is 5.09. The van der Waals surface area contributed by atoms with Crippen LogP contribution < -0.4 is 11.3 Å². The van der Waals surface area contributed by atoms with Crippen molar-refractivity contribution in [3.63, 3.8) is 0 Å². The van der Waals surface area contributed by atoms with E-state index in [1.54, 1.807) is 0 Å². The molecule has 1 aliphatic rings. The fourth-order valence-corrected chi connectivity index (χ4v) is 2.05. The number of aromatic nitrogens is 1. The third-order valence-electron chi connectivity index (χ3n) is 3.79. The van der Waals surface area contributed by atoms with Crippen LogP contribution in [0.25, 0.3) is 0 Å². The van der Waals surface area contributed by atoms with Crippen molar-refractivity contribution in [2.24, 2.45) is 11.3 Å². The molecule has 3 N–H and O–H groups in total. The second kappa shape index (κ2) is 4.52. The lowest BCUT2D eigenvalue weighted by Gasteiger charge is -2.22. The van der Waals surface area contributed by atoms with Crippen molar-refractivity contribution >= 4 is 0 Å². The van der Waals surface area contributed by atoms with E-state index in [1.165, 1.54) is 18.4 Å². The SMILES string of the molecule is CCc1ccc(CC(NN)C2(C)CC2)nc1. The van der Waals surface area contributed by atoms with Gasteiger partial charge in [0.05, 0.1) is 0 Å². The Kier molecular flexibility index (Phi) is 3.26. The summed E-state index contributed by atoms with van der Waals surface area (Å²) in [5.74, 6) is 5.63. The molecule has 3 nitrogen and oxygen atoms in total. The van der Waals surface area contributed by atoms with Crippen LogP contribution in [0.1, 0.15) is 37.9 Å². The van der Waals surface area contributed by atoms with Crippen molar-refractivity contribution in [2.45, 2.75) is 45.6 Å². The number of hydrogen-bond donors (Lipinski definition) is 2. The van der Waals surface area contributed by atoms with Gasteiger partial charge in [-0.2, -0.15) is 0 Å². The normalized spacial score (nSPS) is 19.4. The minimum Gasteiger partial charge on any atom is -0.271 e. The van der Waals surface area contributed by atoms with E-state index in [1.807, 2.05) is 6.20 Å². The summed E-state index contributed by atoms with van der Waals surface area (Å²) in [6.07, 6.45) is 6.49. The summed E-state index contributed by atoms with van der Waals surface area (Å²) in [7, 11) is 0. The molecule has 1 saturated carbocycles. The Morgan fingerprint density at radius 3 is 2.69 bits per heavy atom. The molecule has 0 amide bonds. The van der Waals surface area contributed by atoms with E-state index >= 15 is 0 Å². The predicted molar refractivity (Wildman–Crippen MR) is 65.8 cm³/mol. The highest BCUT2D eigenvalue weighted by atomic mass is 15.2. The number of nitrogens with zero attached hydrogens (tertiary/aromatic N) is 1. The molecule has 1 aromatic rings. The van der Waals surface area contributed by atoms with E-state index in [2.05, 4.69) is 36.4 Å². The summed E-state index contributed by atoms with van der Waals surface area (Å²) in [4.78, 5) is 4.48. The third-order valence-corrected chi connectivity index (χ3v) is 3.79. The molecule has 3 heteroatoms. The highest BCUT2D eigenvalue weighted by Crippen LogP contribution is 2.48. The molecule has 1 fully saturated rings. The van der Waals surface area contributed by atoms with E-state index in [4.69, 9.17) is 5.84 Å². The molecular weight excluding hydrogens is 198 g/mol. The van der Waals surface area contributed by atoms with Crippen molar-refractivity contribution < 1.29 is 0 Å². The zero-order chi connectivity index (χ0) is 11.6. The quantitative estimate of drug-likeness (QED) is 0.586. The number of nitrogens with two attached hydrogens (primary N) is 1. The van der Waals surface area contributed by atoms with E-state index in [9.17, 15) is 0 Å². The van der Waals surface area contributed by atoms with Gasteiger partial charge in [0.1, 0.15) is 0 Å². The fraction of sp³-hybridized carbons (Fsp3) is 0.615. The van der Waals surface area contributed by atoms with Crippen LogP contribution in [0.3, 0.4) is 0 Å². The van der Waals surface area contributed by atoms with Crippen molar-refractivity contribution in [2.75, 3.05) is 0 Å². The van der Waals surface area contributed by atoms with Gasteiger partial charge in [0.25, 0.3) is 0 Å². The Balaban J connectivity index is 2.01. The molecule has 0 radical (unpaired) electrons. The molecule has 0 spiro atoms. The Morgan fingerprint density at radius 1 is 1.50 bits per heavy atom. The first-order chi connectivity index (χ1) is 7.68. The molecule has 1 aliphatic carbocycles. The smallest absolute Gasteiger partial charge is 0.0420 e. The second-order valence-corrected chi connectivity index (χ2v) is 5.09. The van der Waals surface area contributed by atoms with Crippen LogP contribution in [0.2, 0.25) is 0 Å². The minimum absolute atomic E-state index is 0.354. The molecule has 1 unspecified atom stereocenters. The molecule has 1 aromatic heterocycles. The summed E-state index contributed by atoms with van der Waals surface area (Å²) < 4.78 is 0. The summed E-state index contributed by atoms with van der Waals surface area (Å²) in [6, 6.07) is 4.63. The molecule has 0 saturated heterocycles. The van der Waals surface area contributed by atoms with Crippen LogP contribution in [-0.4, -0.2) is 11.0 Å². The summed E-state index contributed by atoms with van der Waals surface area (Å²) in [5.41, 5.74) is 5.75. The maximum Gasteiger partial charge on any atom is 0.0420 e. The minimum atomic E-state index is 0.354. The van der Waals surface area contributed by atoms with Crippen molar-refractivity contribution in [3.8, 4) is 0 Å². The van der Waals surface area contributed by atoms with E-state index in [-0.39, 0.29) is 0 Å². The number of hydrazine groups is 1. The topological polar surface area (TPSA) is 50.9 Å². The fourth-order valence-electron chi connectivity index (χ4n) is 2.05. The molecule has 0 aliphatic heterocycles. The summed E-state index contributed by atoms with van der Waals surface area (Å²) in [6.45, 7) is 4.43. The predicted octanol–water partition coefficient (Wildman–Crippen LogP) is 1.82. The third kappa shape index (κ3) is 2.42. The number of hydrogen-bond acceptors (Lipinski definition) is 3. The molecule has 1 heterocycles. The van der Waals surface area contributed by atoms with Gasteiger partial charge in [0, 0.05) is 24.4 Å². The van der Waals surface area contributed by atoms with Crippen LogP contribution in [0.5, 0.6) is 0 Å². The van der Waals surface area contributed by atoms with E-state index in [0.717, 1.165) is 18.5 Å². The van der Waals surface area contributed by atoms with Crippen LogP contribution in [0, 0.1) is 5.41 Å². The van der Waals surface area contributed by atoms with Gasteiger partial charge in [-0.3, -0.25) is 16.3 Å². The highest BCUT2D eigenvalue weighted by molar-refractivity contribution is 5.16. The van der Waals surface area contributed by atoms with E-state index in [0.29, 0.717) is 11.5 Å². The average Bonchev–Trinajstić information content (AvgIpc) is 3.06. The number of nitrogens with one attached hydrogen (secondary N) is 1. The maximum atomic E-state index is 5.63. The lowest BCUT2D eigenvalue weighted by atomic mass is 9.95. The summed E-state index contributed by atoms with van der Waals surface area (Å²) >= 11 is 0. The lowest BCUT2D eigenvalue weighted by Crippen LogP contribution is -2.42. The van der Waals surface area contributed by atoms with Gasteiger partial charge < -0.3 is 0 Å². The van der Waals surface area contributed by atoms with Crippen LogP contribution in [-0.2, 0) is 12.8 Å². The van der Waals surface area contributed by atoms with Crippen molar-refractivity contribution in [1.29, 1.82) is 0 Å². The molecule has 2 rings (SSSR count). The molecule has 16 heavy (non-hydrogen) atoms. The van der Waals surface area contributed by atoms with Crippen molar-refractivity contribution in [1.82, 2.24) is 10.4 Å². The first kappa shape index (κ1) is 11.6. The van der Waals surface area contributed by atoms with Gasteiger partial charge in [0.2, 0.25) is 0 Å². The number of aryl methyl sites for hydroxylation is 1. The number of pyridine rings is 1. The Hall–Kier alpha value is -0.930. The van der Waals surface area contributed by atoms with E-state index < -0.39 is 0 Å². The Bertz CT molecular complexity index is 341. The molecular formula is C13H21N3. The van der Waals surface area contributed by atoms with Gasteiger partial charge in [-0.05, 0) is 36.3 Å². The lowest BCUT2D eigenvalue weighted by molar-refractivity contribution is 0.357. The monoisotopic (exact) mass is 219 g/mol. The zero-order valence-electron chi connectivity index (χ0n) is 10.2. The van der Waals surface area contributed by atoms with Gasteiger partial charge >= 0.3 is 0 Å². The zero-order valence-corrected chi connectivity index (χ0v) is 10.2. The Morgan fingerprint density at radius 2 is 2.25 bits per heavy atom. The number of rotatable bonds is 5. The van der Waals surface area contributed by atoms with Crippen LogP contribution in [0.4, 0.5) is 0 Å². The van der Waals surface area contributed by atoms with Gasteiger partial charge in [0.15, 0.2) is 0 Å². The average molecular weight is 219 g/mol. The van der Waals surface area contributed by atoms with Gasteiger partial charge in [-0.1, -0.05) is 19.9 Å². The van der Waals surface area contributed by atoms with Gasteiger partial charge in [-0.25, -0.2) is 0 Å². The Labute approximate surface area is 97.4 Å². The largest absolute Gasteiger partial charge is 0.271 e. The highest BCUT2D eigenvalue weighted by Gasteiger charge is 2.44. The molecule has 88 valence electrons. The van der Waals surface area contributed by atoms with Gasteiger partial charge in [-0.15, -0.1) is 0 Å². The van der Waals surface area contributed by atoms with Crippen LogP contribution in [0.15, 0.2) is 18.3 Å². The molecule has 1 atom stereocenters. The van der Waals surface area contributed by atoms with Crippen molar-refractivity contribution in [3.05, 3.63) is 29.6 Å². The van der Waals surface area contributed by atoms with Crippen LogP contribution >= 0.6 is 0 Å². The summed E-state index contributed by atoms with van der Waals surface area (Å²) in [5, 5.41) is 0. The first-order valence-corrected chi connectivity index (χ1v) is 6.08. The molecule has 0 bridgehead atoms. The molecule has 0 aromatic carbocycles. The maximum absolute atomic E-state index is 5.63. The standard InChI is InChI=1S/C13H21N3/c1-3-10-4-5-11(15-9-10)8-12(16-14)13(2)6-7-13/h4-5,9,12,16H,3,6-8,14H2,1-2H3.